The number of carbonyl (C=O) groups excluding carboxylic acids is 1. The van der Waals surface area contributed by atoms with Crippen LogP contribution in [0, 0.1) is 0 Å². The molecule has 0 unspecified atom stereocenters. The number of anilines is 2. The van der Waals surface area contributed by atoms with Crippen molar-refractivity contribution >= 4 is 17.5 Å². The van der Waals surface area contributed by atoms with Crippen LogP contribution in [0.25, 0.3) is 0 Å². The highest BCUT2D eigenvalue weighted by atomic mass is 16.5. The van der Waals surface area contributed by atoms with Crippen LogP contribution in [0.2, 0.25) is 0 Å². The third-order valence-electron chi connectivity index (χ3n) is 2.82. The first-order valence-corrected chi connectivity index (χ1v) is 6.40. The van der Waals surface area contributed by atoms with E-state index < -0.39 is 6.09 Å². The second-order valence-electron chi connectivity index (χ2n) is 4.63. The second kappa shape index (κ2) is 6.61. The molecule has 0 saturated heterocycles. The maximum Gasteiger partial charge on any atom is 0.411 e. The summed E-state index contributed by atoms with van der Waals surface area (Å²) in [5.41, 5.74) is 2.70. The number of nitrogens with zero attached hydrogens (tertiary/aromatic N) is 1. The fourth-order valence-electron chi connectivity index (χ4n) is 1.74. The molecule has 0 aliphatic carbocycles. The van der Waals surface area contributed by atoms with Crippen LogP contribution >= 0.6 is 0 Å². The number of rotatable bonds is 4. The fourth-order valence-corrected chi connectivity index (χ4v) is 1.74. The van der Waals surface area contributed by atoms with Crippen LogP contribution in [0.1, 0.15) is 5.56 Å². The van der Waals surface area contributed by atoms with E-state index in [2.05, 4.69) is 5.32 Å². The number of hydrogen-bond donors (Lipinski definition) is 1. The Morgan fingerprint density at radius 1 is 1.10 bits per heavy atom. The summed E-state index contributed by atoms with van der Waals surface area (Å²) in [5.74, 6) is 0. The summed E-state index contributed by atoms with van der Waals surface area (Å²) in [7, 11) is 3.90. The topological polar surface area (TPSA) is 41.6 Å². The van der Waals surface area contributed by atoms with Crippen molar-refractivity contribution in [3.05, 3.63) is 60.2 Å². The van der Waals surface area contributed by atoms with E-state index in [0.29, 0.717) is 5.69 Å². The number of ether oxygens (including phenoxy) is 1. The summed E-state index contributed by atoms with van der Waals surface area (Å²) in [6, 6.07) is 17.2. The van der Waals surface area contributed by atoms with Gasteiger partial charge in [-0.25, -0.2) is 4.79 Å². The van der Waals surface area contributed by atoms with Gasteiger partial charge in [-0.1, -0.05) is 36.4 Å². The van der Waals surface area contributed by atoms with Gasteiger partial charge in [0.1, 0.15) is 6.61 Å². The number of carbonyl (C=O) groups is 1. The molecule has 0 bridgehead atoms. The van der Waals surface area contributed by atoms with Gasteiger partial charge in [0.15, 0.2) is 0 Å². The predicted molar refractivity (Wildman–Crippen MR) is 81.0 cm³/mol. The first kappa shape index (κ1) is 13.9. The Labute approximate surface area is 119 Å². The minimum absolute atomic E-state index is 0.264. The molecule has 2 rings (SSSR count). The number of amides is 1. The van der Waals surface area contributed by atoms with Crippen molar-refractivity contribution in [2.75, 3.05) is 24.3 Å². The van der Waals surface area contributed by atoms with Crippen molar-refractivity contribution in [1.82, 2.24) is 0 Å². The van der Waals surface area contributed by atoms with E-state index in [9.17, 15) is 4.79 Å². The van der Waals surface area contributed by atoms with Gasteiger partial charge in [0.05, 0.1) is 0 Å². The quantitative estimate of drug-likeness (QED) is 0.924. The largest absolute Gasteiger partial charge is 0.444 e. The molecule has 0 radical (unpaired) electrons. The molecule has 1 N–H and O–H groups in total. The molecular formula is C16H18N2O2. The molecule has 20 heavy (non-hydrogen) atoms. The molecule has 0 atom stereocenters. The van der Waals surface area contributed by atoms with Gasteiger partial charge in [0.2, 0.25) is 0 Å². The lowest BCUT2D eigenvalue weighted by Crippen LogP contribution is -2.14. The highest BCUT2D eigenvalue weighted by molar-refractivity contribution is 5.85. The van der Waals surface area contributed by atoms with Gasteiger partial charge in [-0.2, -0.15) is 0 Å². The normalized spacial score (nSPS) is 9.90. The monoisotopic (exact) mass is 270 g/mol. The average Bonchev–Trinajstić information content (AvgIpc) is 2.46. The zero-order valence-electron chi connectivity index (χ0n) is 11.7. The molecule has 2 aromatic rings. The first-order chi connectivity index (χ1) is 9.65. The van der Waals surface area contributed by atoms with Crippen molar-refractivity contribution in [3.63, 3.8) is 0 Å². The van der Waals surface area contributed by atoms with Gasteiger partial charge < -0.3 is 9.64 Å². The highest BCUT2D eigenvalue weighted by Gasteiger charge is 2.04. The Balaban J connectivity index is 1.90. The lowest BCUT2D eigenvalue weighted by atomic mass is 10.2. The minimum atomic E-state index is -0.454. The molecule has 2 aromatic carbocycles. The van der Waals surface area contributed by atoms with E-state index in [1.807, 2.05) is 73.6 Å². The van der Waals surface area contributed by atoms with E-state index in [4.69, 9.17) is 4.74 Å². The molecule has 0 aliphatic rings. The zero-order valence-corrected chi connectivity index (χ0v) is 11.7. The van der Waals surface area contributed by atoms with E-state index in [-0.39, 0.29) is 6.61 Å². The summed E-state index contributed by atoms with van der Waals surface area (Å²) >= 11 is 0. The molecule has 0 fully saturated rings. The fraction of sp³-hybridized carbons (Fsp3) is 0.188. The molecular weight excluding hydrogens is 252 g/mol. The standard InChI is InChI=1S/C16H18N2O2/c1-18(2)15-10-6-9-14(11-15)17-16(19)20-12-13-7-4-3-5-8-13/h3-11H,12H2,1-2H3,(H,17,19). The first-order valence-electron chi connectivity index (χ1n) is 6.40. The Morgan fingerprint density at radius 2 is 1.85 bits per heavy atom. The van der Waals surface area contributed by atoms with Crippen molar-refractivity contribution < 1.29 is 9.53 Å². The van der Waals surface area contributed by atoms with Gasteiger partial charge in [-0.05, 0) is 23.8 Å². The van der Waals surface area contributed by atoms with E-state index in [1.54, 1.807) is 0 Å². The molecule has 0 spiro atoms. The third-order valence-corrected chi connectivity index (χ3v) is 2.82. The smallest absolute Gasteiger partial charge is 0.411 e. The molecule has 104 valence electrons. The van der Waals surface area contributed by atoms with E-state index in [1.165, 1.54) is 0 Å². The molecule has 0 aliphatic heterocycles. The summed E-state index contributed by atoms with van der Waals surface area (Å²) in [6.07, 6.45) is -0.454. The van der Waals surface area contributed by atoms with E-state index >= 15 is 0 Å². The molecule has 4 heteroatoms. The maximum atomic E-state index is 11.7. The summed E-state index contributed by atoms with van der Waals surface area (Å²) < 4.78 is 5.17. The Hall–Kier alpha value is -2.49. The van der Waals surface area contributed by atoms with Gasteiger partial charge >= 0.3 is 6.09 Å². The minimum Gasteiger partial charge on any atom is -0.444 e. The molecule has 0 heterocycles. The van der Waals surface area contributed by atoms with Crippen molar-refractivity contribution in [2.24, 2.45) is 0 Å². The van der Waals surface area contributed by atoms with Crippen LogP contribution in [0.3, 0.4) is 0 Å². The van der Waals surface area contributed by atoms with Gasteiger partial charge in [0, 0.05) is 25.5 Å². The highest BCUT2D eigenvalue weighted by Crippen LogP contribution is 2.17. The maximum absolute atomic E-state index is 11.7. The Bertz CT molecular complexity index is 568. The molecule has 0 saturated carbocycles. The predicted octanol–water partition coefficient (Wildman–Crippen LogP) is 3.50. The molecule has 1 amide bonds. The Kier molecular flexibility index (Phi) is 4.60. The van der Waals surface area contributed by atoms with Gasteiger partial charge in [0.25, 0.3) is 0 Å². The zero-order chi connectivity index (χ0) is 14.4. The van der Waals surface area contributed by atoms with Crippen LogP contribution in [0.15, 0.2) is 54.6 Å². The van der Waals surface area contributed by atoms with Crippen LogP contribution in [-0.4, -0.2) is 20.2 Å². The van der Waals surface area contributed by atoms with Gasteiger partial charge in [-0.15, -0.1) is 0 Å². The number of nitrogens with one attached hydrogen (secondary N) is 1. The molecule has 4 nitrogen and oxygen atoms in total. The van der Waals surface area contributed by atoms with Crippen molar-refractivity contribution in [3.8, 4) is 0 Å². The Morgan fingerprint density at radius 3 is 2.55 bits per heavy atom. The van der Waals surface area contributed by atoms with Crippen LogP contribution < -0.4 is 10.2 Å². The summed E-state index contributed by atoms with van der Waals surface area (Å²) in [4.78, 5) is 13.7. The number of benzene rings is 2. The summed E-state index contributed by atoms with van der Waals surface area (Å²) in [6.45, 7) is 0.264. The van der Waals surface area contributed by atoms with Crippen molar-refractivity contribution in [2.45, 2.75) is 6.61 Å². The lowest BCUT2D eigenvalue weighted by Gasteiger charge is -2.14. The number of hydrogen-bond acceptors (Lipinski definition) is 3. The average molecular weight is 270 g/mol. The lowest BCUT2D eigenvalue weighted by molar-refractivity contribution is 0.155. The van der Waals surface area contributed by atoms with E-state index in [0.717, 1.165) is 11.3 Å². The van der Waals surface area contributed by atoms with Crippen LogP contribution in [-0.2, 0) is 11.3 Å². The molecule has 0 aromatic heterocycles. The van der Waals surface area contributed by atoms with Crippen molar-refractivity contribution in [1.29, 1.82) is 0 Å². The second-order valence-corrected chi connectivity index (χ2v) is 4.63. The summed E-state index contributed by atoms with van der Waals surface area (Å²) in [5, 5.41) is 2.72. The third kappa shape index (κ3) is 4.02. The van der Waals surface area contributed by atoms with Gasteiger partial charge in [-0.3, -0.25) is 5.32 Å². The van der Waals surface area contributed by atoms with Crippen LogP contribution in [0.5, 0.6) is 0 Å². The van der Waals surface area contributed by atoms with Crippen LogP contribution in [0.4, 0.5) is 16.2 Å². The SMILES string of the molecule is CN(C)c1cccc(NC(=O)OCc2ccccc2)c1.